The number of rotatable bonds is 2. The molecule has 5 nitrogen and oxygen atoms in total. The Hall–Kier alpha value is -1.39. The molecule has 0 atom stereocenters. The number of nitro groups is 1. The SMILES string of the molecule is CCn1cnc([N+](=O)[O-])c1C. The van der Waals surface area contributed by atoms with Gasteiger partial charge in [0, 0.05) is 6.54 Å². The van der Waals surface area contributed by atoms with E-state index in [2.05, 4.69) is 4.98 Å². The lowest BCUT2D eigenvalue weighted by atomic mass is 10.5. The van der Waals surface area contributed by atoms with Gasteiger partial charge in [-0.2, -0.15) is 0 Å². The topological polar surface area (TPSA) is 61.0 Å². The summed E-state index contributed by atoms with van der Waals surface area (Å²) in [5, 5.41) is 10.3. The van der Waals surface area contributed by atoms with Gasteiger partial charge in [0.15, 0.2) is 0 Å². The van der Waals surface area contributed by atoms with Crippen LogP contribution in [0.15, 0.2) is 6.33 Å². The van der Waals surface area contributed by atoms with E-state index in [1.165, 1.54) is 6.33 Å². The van der Waals surface area contributed by atoms with Crippen molar-refractivity contribution in [2.24, 2.45) is 0 Å². The van der Waals surface area contributed by atoms with Crippen LogP contribution in [-0.4, -0.2) is 14.5 Å². The summed E-state index contributed by atoms with van der Waals surface area (Å²) in [5.74, 6) is -0.0492. The van der Waals surface area contributed by atoms with Crippen molar-refractivity contribution in [1.29, 1.82) is 0 Å². The second kappa shape index (κ2) is 2.69. The van der Waals surface area contributed by atoms with Crippen molar-refractivity contribution in [3.05, 3.63) is 22.1 Å². The minimum atomic E-state index is -0.471. The Balaban J connectivity index is 3.10. The van der Waals surface area contributed by atoms with E-state index in [9.17, 15) is 10.1 Å². The molecule has 0 amide bonds. The number of imidazole rings is 1. The fourth-order valence-electron chi connectivity index (χ4n) is 0.931. The van der Waals surface area contributed by atoms with E-state index in [0.29, 0.717) is 12.2 Å². The van der Waals surface area contributed by atoms with Gasteiger partial charge in [-0.25, -0.2) is 0 Å². The van der Waals surface area contributed by atoms with Crippen LogP contribution >= 0.6 is 0 Å². The number of aromatic nitrogens is 2. The van der Waals surface area contributed by atoms with Crippen LogP contribution in [0.5, 0.6) is 0 Å². The monoisotopic (exact) mass is 155 g/mol. The molecule has 0 unspecified atom stereocenters. The third-order valence-electron chi connectivity index (χ3n) is 1.59. The third kappa shape index (κ3) is 1.21. The van der Waals surface area contributed by atoms with Crippen LogP contribution in [0.3, 0.4) is 0 Å². The summed E-state index contributed by atoms with van der Waals surface area (Å²) in [6.45, 7) is 4.32. The first-order valence-corrected chi connectivity index (χ1v) is 3.33. The fraction of sp³-hybridized carbons (Fsp3) is 0.500. The van der Waals surface area contributed by atoms with Crippen LogP contribution in [-0.2, 0) is 6.54 Å². The normalized spacial score (nSPS) is 10.0. The number of hydrogen-bond donors (Lipinski definition) is 0. The lowest BCUT2D eigenvalue weighted by Crippen LogP contribution is -1.96. The Morgan fingerprint density at radius 2 is 2.45 bits per heavy atom. The van der Waals surface area contributed by atoms with Gasteiger partial charge in [-0.15, -0.1) is 0 Å². The van der Waals surface area contributed by atoms with E-state index in [1.807, 2.05) is 6.92 Å². The molecular weight excluding hydrogens is 146 g/mol. The predicted octanol–water partition coefficient (Wildman–Crippen LogP) is 1.12. The first-order valence-electron chi connectivity index (χ1n) is 3.33. The average molecular weight is 155 g/mol. The molecular formula is C6H9N3O2. The number of hydrogen-bond acceptors (Lipinski definition) is 3. The summed E-state index contributed by atoms with van der Waals surface area (Å²) in [6, 6.07) is 0. The smallest absolute Gasteiger partial charge is 0.358 e. The van der Waals surface area contributed by atoms with Crippen molar-refractivity contribution in [3.8, 4) is 0 Å². The molecule has 1 aromatic rings. The zero-order valence-electron chi connectivity index (χ0n) is 6.44. The maximum Gasteiger partial charge on any atom is 0.384 e. The van der Waals surface area contributed by atoms with Crippen molar-refractivity contribution in [3.63, 3.8) is 0 Å². The van der Waals surface area contributed by atoms with Gasteiger partial charge in [-0.1, -0.05) is 0 Å². The highest BCUT2D eigenvalue weighted by atomic mass is 16.6. The molecule has 1 rings (SSSR count). The number of aryl methyl sites for hydroxylation is 1. The van der Waals surface area contributed by atoms with Crippen molar-refractivity contribution in [1.82, 2.24) is 9.55 Å². The van der Waals surface area contributed by atoms with E-state index in [0.717, 1.165) is 0 Å². The Kier molecular flexibility index (Phi) is 1.89. The van der Waals surface area contributed by atoms with Gasteiger partial charge in [0.25, 0.3) is 0 Å². The summed E-state index contributed by atoms with van der Waals surface area (Å²) < 4.78 is 1.73. The summed E-state index contributed by atoms with van der Waals surface area (Å²) in [5.41, 5.74) is 0.609. The van der Waals surface area contributed by atoms with E-state index in [1.54, 1.807) is 11.5 Å². The standard InChI is InChI=1S/C6H9N3O2/c1-3-8-4-7-6(5(8)2)9(10)11/h4H,3H2,1-2H3. The van der Waals surface area contributed by atoms with E-state index < -0.39 is 4.92 Å². The van der Waals surface area contributed by atoms with E-state index >= 15 is 0 Å². The molecule has 0 aliphatic carbocycles. The van der Waals surface area contributed by atoms with Crippen molar-refractivity contribution in [2.75, 3.05) is 0 Å². The highest BCUT2D eigenvalue weighted by molar-refractivity contribution is 5.25. The third-order valence-corrected chi connectivity index (χ3v) is 1.59. The molecule has 11 heavy (non-hydrogen) atoms. The van der Waals surface area contributed by atoms with Crippen LogP contribution in [0.4, 0.5) is 5.82 Å². The van der Waals surface area contributed by atoms with Gasteiger partial charge in [-0.05, 0) is 23.8 Å². The molecule has 0 saturated heterocycles. The molecule has 60 valence electrons. The van der Waals surface area contributed by atoms with Crippen LogP contribution in [0.1, 0.15) is 12.6 Å². The Bertz CT molecular complexity index is 279. The van der Waals surface area contributed by atoms with Crippen LogP contribution in [0, 0.1) is 17.0 Å². The van der Waals surface area contributed by atoms with Gasteiger partial charge >= 0.3 is 5.82 Å². The Labute approximate surface area is 63.8 Å². The molecule has 0 spiro atoms. The first-order chi connectivity index (χ1) is 5.16. The molecule has 1 heterocycles. The molecule has 0 radical (unpaired) electrons. The molecule has 0 aromatic carbocycles. The lowest BCUT2D eigenvalue weighted by molar-refractivity contribution is -0.389. The van der Waals surface area contributed by atoms with Gasteiger partial charge in [-0.3, -0.25) is 0 Å². The van der Waals surface area contributed by atoms with E-state index in [4.69, 9.17) is 0 Å². The zero-order valence-corrected chi connectivity index (χ0v) is 6.44. The lowest BCUT2D eigenvalue weighted by Gasteiger charge is -1.95. The highest BCUT2D eigenvalue weighted by Gasteiger charge is 2.15. The van der Waals surface area contributed by atoms with Crippen LogP contribution in [0.2, 0.25) is 0 Å². The first kappa shape index (κ1) is 7.71. The minimum absolute atomic E-state index is 0.0492. The Morgan fingerprint density at radius 3 is 2.73 bits per heavy atom. The molecule has 0 bridgehead atoms. The van der Waals surface area contributed by atoms with Gasteiger partial charge < -0.3 is 14.7 Å². The van der Waals surface area contributed by atoms with Crippen molar-refractivity contribution in [2.45, 2.75) is 20.4 Å². The van der Waals surface area contributed by atoms with Crippen molar-refractivity contribution < 1.29 is 4.92 Å². The molecule has 0 N–H and O–H groups in total. The van der Waals surface area contributed by atoms with Gasteiger partial charge in [0.05, 0.1) is 0 Å². The summed E-state index contributed by atoms with van der Waals surface area (Å²) in [6.07, 6.45) is 1.48. The largest absolute Gasteiger partial charge is 0.384 e. The maximum absolute atomic E-state index is 10.3. The van der Waals surface area contributed by atoms with E-state index in [-0.39, 0.29) is 5.82 Å². The molecule has 5 heteroatoms. The molecule has 0 aliphatic heterocycles. The van der Waals surface area contributed by atoms with Gasteiger partial charge in [0.1, 0.15) is 5.69 Å². The molecule has 0 saturated carbocycles. The second-order valence-electron chi connectivity index (χ2n) is 2.20. The highest BCUT2D eigenvalue weighted by Crippen LogP contribution is 2.13. The summed E-state index contributed by atoms with van der Waals surface area (Å²) >= 11 is 0. The molecule has 0 fully saturated rings. The molecule has 0 aliphatic rings. The molecule has 1 aromatic heterocycles. The average Bonchev–Trinajstić information content (AvgIpc) is 2.30. The minimum Gasteiger partial charge on any atom is -0.358 e. The van der Waals surface area contributed by atoms with Crippen LogP contribution < -0.4 is 0 Å². The predicted molar refractivity (Wildman–Crippen MR) is 39.3 cm³/mol. The second-order valence-corrected chi connectivity index (χ2v) is 2.20. The van der Waals surface area contributed by atoms with Crippen molar-refractivity contribution >= 4 is 5.82 Å². The summed E-state index contributed by atoms with van der Waals surface area (Å²) in [4.78, 5) is 13.5. The maximum atomic E-state index is 10.3. The zero-order chi connectivity index (χ0) is 8.43. The quantitative estimate of drug-likeness (QED) is 0.475. The fourth-order valence-corrected chi connectivity index (χ4v) is 0.931. The number of nitrogens with zero attached hydrogens (tertiary/aromatic N) is 3. The van der Waals surface area contributed by atoms with Crippen LogP contribution in [0.25, 0.3) is 0 Å². The Morgan fingerprint density at radius 1 is 1.82 bits per heavy atom. The summed E-state index contributed by atoms with van der Waals surface area (Å²) in [7, 11) is 0. The van der Waals surface area contributed by atoms with Gasteiger partial charge in [0.2, 0.25) is 6.33 Å².